The molecule has 0 unspecified atom stereocenters. The zero-order valence-electron chi connectivity index (χ0n) is 15.9. The molecule has 0 radical (unpaired) electrons. The molecule has 0 aliphatic rings. The molecule has 0 saturated heterocycles. The smallest absolute Gasteiger partial charge is 0.317 e. The Labute approximate surface area is 150 Å². The van der Waals surface area contributed by atoms with Crippen LogP contribution in [0, 0.1) is 6.92 Å². The van der Waals surface area contributed by atoms with Crippen LogP contribution in [0.2, 0.25) is 0 Å². The second-order valence-corrected chi connectivity index (χ2v) is 7.64. The molecular weight excluding hydrogens is 314 g/mol. The van der Waals surface area contributed by atoms with E-state index >= 15 is 0 Å². The van der Waals surface area contributed by atoms with E-state index in [2.05, 4.69) is 58.9 Å². The number of hydrogen-bond acceptors (Lipinski definition) is 3. The van der Waals surface area contributed by atoms with E-state index in [1.54, 1.807) is 0 Å². The topological polar surface area (TPSA) is 58.4 Å². The van der Waals surface area contributed by atoms with Gasteiger partial charge >= 0.3 is 5.97 Å². The number of carboxylic acids is 1. The minimum absolute atomic E-state index is 0.0487. The van der Waals surface area contributed by atoms with E-state index < -0.39 is 5.97 Å². The fourth-order valence-corrected chi connectivity index (χ4v) is 2.95. The van der Waals surface area contributed by atoms with Gasteiger partial charge in [-0.15, -0.1) is 0 Å². The molecule has 136 valence electrons. The summed E-state index contributed by atoms with van der Waals surface area (Å²) in [6.07, 6.45) is 2.96. The summed E-state index contributed by atoms with van der Waals surface area (Å²) in [7, 11) is 0. The highest BCUT2D eigenvalue weighted by molar-refractivity contribution is 5.69. The van der Waals surface area contributed by atoms with Crippen LogP contribution in [0.4, 0.5) is 0 Å². The van der Waals surface area contributed by atoms with E-state index in [4.69, 9.17) is 10.2 Å². The molecule has 0 fully saturated rings. The predicted molar refractivity (Wildman–Crippen MR) is 100 cm³/mol. The highest BCUT2D eigenvalue weighted by Crippen LogP contribution is 2.26. The fourth-order valence-electron chi connectivity index (χ4n) is 2.95. The quantitative estimate of drug-likeness (QED) is 0.831. The maximum absolute atomic E-state index is 11.2. The zero-order valence-corrected chi connectivity index (χ0v) is 15.9. The highest BCUT2D eigenvalue weighted by Gasteiger charge is 2.24. The Kier molecular flexibility index (Phi) is 6.01. The third kappa shape index (κ3) is 5.16. The number of rotatable bonds is 7. The van der Waals surface area contributed by atoms with Crippen molar-refractivity contribution in [3.8, 4) is 5.69 Å². The molecule has 0 amide bonds. The first-order valence-electron chi connectivity index (χ1n) is 8.81. The molecule has 1 N–H and O–H groups in total. The SMILES string of the molecule is CCCN(CC(=O)O)Cc1cn(-c2ccc(C)cc2)nc1C(C)(C)C. The third-order valence-corrected chi connectivity index (χ3v) is 4.09. The van der Waals surface area contributed by atoms with Crippen LogP contribution in [0.3, 0.4) is 0 Å². The van der Waals surface area contributed by atoms with Crippen molar-refractivity contribution in [1.82, 2.24) is 14.7 Å². The largest absolute Gasteiger partial charge is 0.480 e. The summed E-state index contributed by atoms with van der Waals surface area (Å²) in [5.41, 5.74) is 4.22. The van der Waals surface area contributed by atoms with Gasteiger partial charge in [0, 0.05) is 23.7 Å². The Morgan fingerprint density at radius 1 is 1.24 bits per heavy atom. The first kappa shape index (κ1) is 19.2. The number of aromatic nitrogens is 2. The molecule has 2 rings (SSSR count). The minimum Gasteiger partial charge on any atom is -0.480 e. The van der Waals surface area contributed by atoms with Gasteiger partial charge in [-0.25, -0.2) is 4.68 Å². The normalized spacial score (nSPS) is 11.9. The maximum Gasteiger partial charge on any atom is 0.317 e. The van der Waals surface area contributed by atoms with Gasteiger partial charge in [-0.1, -0.05) is 45.4 Å². The number of aliphatic carboxylic acids is 1. The Morgan fingerprint density at radius 3 is 2.40 bits per heavy atom. The molecule has 0 bridgehead atoms. The average molecular weight is 343 g/mol. The van der Waals surface area contributed by atoms with Crippen LogP contribution < -0.4 is 0 Å². The second kappa shape index (κ2) is 7.83. The van der Waals surface area contributed by atoms with Crippen molar-refractivity contribution in [1.29, 1.82) is 0 Å². The van der Waals surface area contributed by atoms with E-state index in [1.165, 1.54) is 5.56 Å². The van der Waals surface area contributed by atoms with Crippen molar-refractivity contribution in [2.75, 3.05) is 13.1 Å². The number of carbonyl (C=O) groups is 1. The third-order valence-electron chi connectivity index (χ3n) is 4.09. The molecule has 0 aliphatic heterocycles. The maximum atomic E-state index is 11.2. The second-order valence-electron chi connectivity index (χ2n) is 7.64. The van der Waals surface area contributed by atoms with Crippen molar-refractivity contribution in [2.24, 2.45) is 0 Å². The molecule has 1 aromatic heterocycles. The van der Waals surface area contributed by atoms with Crippen molar-refractivity contribution >= 4 is 5.97 Å². The van der Waals surface area contributed by atoms with E-state index in [1.807, 2.05) is 15.8 Å². The molecule has 0 atom stereocenters. The lowest BCUT2D eigenvalue weighted by Gasteiger charge is -2.22. The average Bonchev–Trinajstić information content (AvgIpc) is 2.91. The Morgan fingerprint density at radius 2 is 1.88 bits per heavy atom. The number of aryl methyl sites for hydroxylation is 1. The summed E-state index contributed by atoms with van der Waals surface area (Å²) in [5.74, 6) is -0.795. The lowest BCUT2D eigenvalue weighted by Crippen LogP contribution is -2.31. The summed E-state index contributed by atoms with van der Waals surface area (Å²) in [4.78, 5) is 13.1. The van der Waals surface area contributed by atoms with Crippen molar-refractivity contribution < 1.29 is 9.90 Å². The number of nitrogens with zero attached hydrogens (tertiary/aromatic N) is 3. The van der Waals surface area contributed by atoms with Crippen molar-refractivity contribution in [3.63, 3.8) is 0 Å². The van der Waals surface area contributed by atoms with Crippen molar-refractivity contribution in [3.05, 3.63) is 47.3 Å². The van der Waals surface area contributed by atoms with Gasteiger partial charge in [-0.3, -0.25) is 9.69 Å². The summed E-state index contributed by atoms with van der Waals surface area (Å²) in [6, 6.07) is 8.25. The molecule has 0 spiro atoms. The highest BCUT2D eigenvalue weighted by atomic mass is 16.4. The van der Waals surface area contributed by atoms with Gasteiger partial charge in [0.05, 0.1) is 17.9 Å². The zero-order chi connectivity index (χ0) is 18.6. The van der Waals surface area contributed by atoms with Gasteiger partial charge in [0.25, 0.3) is 0 Å². The summed E-state index contributed by atoms with van der Waals surface area (Å²) in [6.45, 7) is 11.9. The van der Waals surface area contributed by atoms with Crippen LogP contribution in [-0.2, 0) is 16.8 Å². The molecule has 1 aromatic carbocycles. The van der Waals surface area contributed by atoms with Gasteiger partial charge in [-0.05, 0) is 32.0 Å². The number of hydrogen-bond donors (Lipinski definition) is 1. The lowest BCUT2D eigenvalue weighted by molar-refractivity contribution is -0.138. The minimum atomic E-state index is -0.795. The molecule has 5 heteroatoms. The Bertz CT molecular complexity index is 712. The van der Waals surface area contributed by atoms with Crippen LogP contribution in [0.25, 0.3) is 5.69 Å². The first-order valence-corrected chi connectivity index (χ1v) is 8.81. The van der Waals surface area contributed by atoms with Gasteiger partial charge in [0.1, 0.15) is 0 Å². The van der Waals surface area contributed by atoms with Gasteiger partial charge in [-0.2, -0.15) is 5.10 Å². The van der Waals surface area contributed by atoms with Crippen LogP contribution in [0.1, 0.15) is 50.9 Å². The Hall–Kier alpha value is -2.14. The molecule has 2 aromatic rings. The van der Waals surface area contributed by atoms with Crippen LogP contribution in [-0.4, -0.2) is 38.8 Å². The van der Waals surface area contributed by atoms with Crippen LogP contribution in [0.15, 0.2) is 30.5 Å². The molecule has 25 heavy (non-hydrogen) atoms. The summed E-state index contributed by atoms with van der Waals surface area (Å²) >= 11 is 0. The van der Waals surface area contributed by atoms with E-state index in [-0.39, 0.29) is 12.0 Å². The predicted octanol–water partition coefficient (Wildman–Crippen LogP) is 3.77. The van der Waals surface area contributed by atoms with Gasteiger partial charge < -0.3 is 5.11 Å². The van der Waals surface area contributed by atoms with Crippen LogP contribution >= 0.6 is 0 Å². The molecule has 1 heterocycles. The van der Waals surface area contributed by atoms with Gasteiger partial charge in [0.2, 0.25) is 0 Å². The molecule has 5 nitrogen and oxygen atoms in total. The summed E-state index contributed by atoms with van der Waals surface area (Å²) < 4.78 is 1.90. The number of carboxylic acid groups (broad SMARTS) is 1. The Balaban J connectivity index is 2.37. The number of benzene rings is 1. The molecular formula is C20H29N3O2. The fraction of sp³-hybridized carbons (Fsp3) is 0.500. The first-order chi connectivity index (χ1) is 11.7. The molecule has 0 saturated carbocycles. The molecule has 0 aliphatic carbocycles. The van der Waals surface area contributed by atoms with Crippen LogP contribution in [0.5, 0.6) is 0 Å². The van der Waals surface area contributed by atoms with E-state index in [0.717, 1.165) is 29.9 Å². The van der Waals surface area contributed by atoms with E-state index in [9.17, 15) is 4.79 Å². The summed E-state index contributed by atoms with van der Waals surface area (Å²) in [5, 5.41) is 14.0. The van der Waals surface area contributed by atoms with Gasteiger partial charge in [0.15, 0.2) is 0 Å². The standard InChI is InChI=1S/C20H29N3O2/c1-6-11-22(14-18(24)25)12-16-13-23(21-19(16)20(3,4)5)17-9-7-15(2)8-10-17/h7-10,13H,6,11-12,14H2,1-5H3,(H,24,25). The monoisotopic (exact) mass is 343 g/mol. The van der Waals surface area contributed by atoms with E-state index in [0.29, 0.717) is 6.54 Å². The lowest BCUT2D eigenvalue weighted by atomic mass is 9.89. The van der Waals surface area contributed by atoms with Crippen molar-refractivity contribution in [2.45, 2.75) is 53.0 Å².